The summed E-state index contributed by atoms with van der Waals surface area (Å²) >= 11 is 0. The van der Waals surface area contributed by atoms with Crippen LogP contribution in [0.2, 0.25) is 0 Å². The second kappa shape index (κ2) is 13.3. The molecule has 4 aliphatic carbocycles. The van der Waals surface area contributed by atoms with Gasteiger partial charge in [-0.05, 0) is 121 Å². The third kappa shape index (κ3) is 4.91. The van der Waals surface area contributed by atoms with Crippen LogP contribution in [0, 0.1) is 0 Å². The van der Waals surface area contributed by atoms with Crippen molar-refractivity contribution in [2.75, 3.05) is 4.90 Å². The van der Waals surface area contributed by atoms with Crippen LogP contribution in [0.5, 0.6) is 11.5 Å². The Labute approximate surface area is 376 Å². The van der Waals surface area contributed by atoms with Crippen molar-refractivity contribution in [2.24, 2.45) is 0 Å². The average molecular weight is 822 g/mol. The number of rotatable bonds is 4. The lowest BCUT2D eigenvalue weighted by molar-refractivity contribution is 0.438. The van der Waals surface area contributed by atoms with Crippen molar-refractivity contribution in [3.05, 3.63) is 250 Å². The second-order valence-corrected chi connectivity index (χ2v) is 19.1. The molecule has 0 aromatic heterocycles. The molecule has 0 radical (unpaired) electrons. The summed E-state index contributed by atoms with van der Waals surface area (Å²) in [4.78, 5) is 2.47. The van der Waals surface area contributed by atoms with Crippen LogP contribution in [0.3, 0.4) is 0 Å². The van der Waals surface area contributed by atoms with Crippen molar-refractivity contribution in [3.63, 3.8) is 0 Å². The Bertz CT molecular complexity index is 3350. The van der Waals surface area contributed by atoms with Crippen LogP contribution in [-0.2, 0) is 16.2 Å². The topological polar surface area (TPSA) is 12.5 Å². The van der Waals surface area contributed by atoms with Gasteiger partial charge < -0.3 is 9.64 Å². The molecule has 64 heavy (non-hydrogen) atoms. The maximum absolute atomic E-state index is 7.07. The number of nitrogens with zero attached hydrogens (tertiary/aromatic N) is 1. The minimum Gasteiger partial charge on any atom is -0.456 e. The van der Waals surface area contributed by atoms with Gasteiger partial charge in [-0.15, -0.1) is 0 Å². The summed E-state index contributed by atoms with van der Waals surface area (Å²) in [6, 6.07) is 65.6. The fourth-order valence-corrected chi connectivity index (χ4v) is 12.2. The van der Waals surface area contributed by atoms with Crippen molar-refractivity contribution in [1.29, 1.82) is 0 Å². The molecule has 0 bridgehead atoms. The highest BCUT2D eigenvalue weighted by Gasteiger charge is 2.51. The summed E-state index contributed by atoms with van der Waals surface area (Å²) in [6.45, 7) is 9.51. The highest BCUT2D eigenvalue weighted by molar-refractivity contribution is 5.92. The molecule has 0 unspecified atom stereocenters. The number of anilines is 3. The zero-order chi connectivity index (χ0) is 43.0. The highest BCUT2D eigenvalue weighted by Crippen LogP contribution is 2.63. The summed E-state index contributed by atoms with van der Waals surface area (Å²) < 4.78 is 7.07. The minimum absolute atomic E-state index is 0.122. The zero-order valence-electron chi connectivity index (χ0n) is 36.6. The van der Waals surface area contributed by atoms with E-state index in [0.717, 1.165) is 46.1 Å². The maximum Gasteiger partial charge on any atom is 0.140 e. The van der Waals surface area contributed by atoms with Gasteiger partial charge in [0.15, 0.2) is 0 Å². The molecule has 8 aromatic carbocycles. The first-order valence-electron chi connectivity index (χ1n) is 22.7. The molecule has 306 valence electrons. The van der Waals surface area contributed by atoms with E-state index in [1.54, 1.807) is 0 Å². The van der Waals surface area contributed by atoms with Gasteiger partial charge >= 0.3 is 0 Å². The molecule has 13 rings (SSSR count). The van der Waals surface area contributed by atoms with Crippen LogP contribution in [0.25, 0.3) is 39.0 Å². The van der Waals surface area contributed by atoms with E-state index in [4.69, 9.17) is 4.74 Å². The van der Waals surface area contributed by atoms with Gasteiger partial charge in [-0.2, -0.15) is 0 Å². The molecule has 1 aliphatic heterocycles. The molecule has 0 atom stereocenters. The Hall–Kier alpha value is -7.42. The number of para-hydroxylation sites is 2. The first kappa shape index (κ1) is 37.2. The van der Waals surface area contributed by atoms with Gasteiger partial charge in [-0.3, -0.25) is 0 Å². The first-order chi connectivity index (χ1) is 31.3. The Kier molecular flexibility index (Phi) is 7.72. The number of benzene rings is 8. The molecule has 0 N–H and O–H groups in total. The van der Waals surface area contributed by atoms with E-state index in [0.29, 0.717) is 0 Å². The summed E-state index contributed by atoms with van der Waals surface area (Å²) in [5, 5.41) is 0. The second-order valence-electron chi connectivity index (χ2n) is 19.1. The molecule has 0 amide bonds. The molecular weight excluding hydrogens is 775 g/mol. The predicted octanol–water partition coefficient (Wildman–Crippen LogP) is 16.2. The Morgan fingerprint density at radius 1 is 0.422 bits per heavy atom. The fourth-order valence-electron chi connectivity index (χ4n) is 12.2. The zero-order valence-corrected chi connectivity index (χ0v) is 36.6. The lowest BCUT2D eigenvalue weighted by Gasteiger charge is -2.40. The quantitative estimate of drug-likeness (QED) is 0.175. The molecule has 2 nitrogen and oxygen atoms in total. The molecule has 0 saturated carbocycles. The van der Waals surface area contributed by atoms with E-state index in [-0.39, 0.29) is 10.8 Å². The van der Waals surface area contributed by atoms with Crippen LogP contribution < -0.4 is 9.64 Å². The van der Waals surface area contributed by atoms with Gasteiger partial charge in [0.05, 0.1) is 5.41 Å². The van der Waals surface area contributed by atoms with Crippen LogP contribution in [0.4, 0.5) is 17.1 Å². The van der Waals surface area contributed by atoms with E-state index in [1.165, 1.54) is 77.9 Å². The first-order valence-corrected chi connectivity index (χ1v) is 22.7. The van der Waals surface area contributed by atoms with Crippen molar-refractivity contribution in [2.45, 2.75) is 50.4 Å². The average Bonchev–Trinajstić information content (AvgIpc) is 3.69. The SMILES string of the molecule is CC1(C)C2=C(CC=CC=C2)c2ccc(N(c3ccc(-c4cccc5c4Oc4ccccc4C54c5ccccc5-c5ccccc54)cc3)c3ccc4c(c3)C(C)(C)c3ccccc3-4)cc21. The van der Waals surface area contributed by atoms with Gasteiger partial charge in [-0.25, -0.2) is 0 Å². The number of hydrogen-bond acceptors (Lipinski definition) is 2. The Balaban J connectivity index is 0.968. The van der Waals surface area contributed by atoms with Gasteiger partial charge in [0.25, 0.3) is 0 Å². The van der Waals surface area contributed by atoms with Gasteiger partial charge in [0.1, 0.15) is 11.5 Å². The largest absolute Gasteiger partial charge is 0.456 e. The maximum atomic E-state index is 7.07. The predicted molar refractivity (Wildman–Crippen MR) is 264 cm³/mol. The Morgan fingerprint density at radius 3 is 1.66 bits per heavy atom. The third-order valence-corrected chi connectivity index (χ3v) is 15.2. The third-order valence-electron chi connectivity index (χ3n) is 15.2. The molecule has 1 heterocycles. The molecule has 0 saturated heterocycles. The molecular formula is C62H47NO. The lowest BCUT2D eigenvalue weighted by Crippen LogP contribution is -2.32. The van der Waals surface area contributed by atoms with E-state index >= 15 is 0 Å². The monoisotopic (exact) mass is 821 g/mol. The highest BCUT2D eigenvalue weighted by atomic mass is 16.5. The van der Waals surface area contributed by atoms with Crippen LogP contribution in [-0.4, -0.2) is 0 Å². The van der Waals surface area contributed by atoms with Gasteiger partial charge in [0, 0.05) is 44.6 Å². The van der Waals surface area contributed by atoms with Crippen LogP contribution in [0.15, 0.2) is 206 Å². The number of fused-ring (bicyclic) bond motifs is 14. The number of ether oxygens (including phenoxy) is 1. The molecule has 5 aliphatic rings. The smallest absolute Gasteiger partial charge is 0.140 e. The normalized spacial score (nSPS) is 16.7. The molecule has 8 aromatic rings. The lowest BCUT2D eigenvalue weighted by atomic mass is 9.65. The van der Waals surface area contributed by atoms with E-state index in [1.807, 2.05) is 0 Å². The van der Waals surface area contributed by atoms with E-state index in [2.05, 4.69) is 233 Å². The van der Waals surface area contributed by atoms with Crippen LogP contribution >= 0.6 is 0 Å². The summed E-state index contributed by atoms with van der Waals surface area (Å²) in [6.07, 6.45) is 9.94. The molecule has 0 fully saturated rings. The van der Waals surface area contributed by atoms with Crippen molar-refractivity contribution >= 4 is 22.6 Å². The molecule has 2 heteroatoms. The van der Waals surface area contributed by atoms with E-state index < -0.39 is 5.41 Å². The van der Waals surface area contributed by atoms with Crippen molar-refractivity contribution in [1.82, 2.24) is 0 Å². The summed E-state index contributed by atoms with van der Waals surface area (Å²) in [5.74, 6) is 1.81. The molecule has 1 spiro atoms. The van der Waals surface area contributed by atoms with Crippen molar-refractivity contribution < 1.29 is 4.74 Å². The van der Waals surface area contributed by atoms with Gasteiger partial charge in [-0.1, -0.05) is 185 Å². The van der Waals surface area contributed by atoms with E-state index in [9.17, 15) is 0 Å². The van der Waals surface area contributed by atoms with Crippen LogP contribution in [0.1, 0.15) is 78.6 Å². The van der Waals surface area contributed by atoms with Crippen molar-refractivity contribution in [3.8, 4) is 44.9 Å². The summed E-state index contributed by atoms with van der Waals surface area (Å²) in [5.41, 5.74) is 23.4. The van der Waals surface area contributed by atoms with Gasteiger partial charge in [0.2, 0.25) is 0 Å². The number of allylic oxidation sites excluding steroid dienone is 6. The standard InChI is InChI=1S/C62H47NO/c1-60(2)50-22-7-5-6-17-44(50)48-35-33-41(37-56(48)60)63(42-34-36-49-45-18-8-11-23-51(45)61(3,4)57(49)38-42)40-31-29-39(30-32-40)43-21-16-27-55-59(43)64-58-28-15-14-26-54(58)62(55)52-24-12-9-19-46(52)47-20-10-13-25-53(47)62/h5-16,18-38H,17H2,1-4H3. The Morgan fingerprint density at radius 2 is 0.953 bits per heavy atom. The minimum atomic E-state index is -0.508. The number of hydrogen-bond donors (Lipinski definition) is 0. The fraction of sp³-hybridized carbons (Fsp3) is 0.129. The summed E-state index contributed by atoms with van der Waals surface area (Å²) in [7, 11) is 0.